The van der Waals surface area contributed by atoms with Gasteiger partial charge < -0.3 is 4.74 Å². The largest absolute Gasteiger partial charge is 0.379 e. The first-order chi connectivity index (χ1) is 9.94. The lowest BCUT2D eigenvalue weighted by atomic mass is 9.91. The Morgan fingerprint density at radius 3 is 2.62 bits per heavy atom. The second-order valence-corrected chi connectivity index (χ2v) is 6.96. The Bertz CT molecular complexity index is 432. The van der Waals surface area contributed by atoms with Gasteiger partial charge in [0.25, 0.3) is 0 Å². The maximum absolute atomic E-state index is 5.76. The van der Waals surface area contributed by atoms with Crippen LogP contribution in [0.3, 0.4) is 0 Å². The highest BCUT2D eigenvalue weighted by atomic mass is 35.5. The van der Waals surface area contributed by atoms with Crippen LogP contribution in [0.2, 0.25) is 5.15 Å². The van der Waals surface area contributed by atoms with Crippen molar-refractivity contribution in [2.24, 2.45) is 5.41 Å². The first-order valence-corrected chi connectivity index (χ1v) is 7.79. The first kappa shape index (κ1) is 16.6. The van der Waals surface area contributed by atoms with Crippen LogP contribution in [0.5, 0.6) is 0 Å². The van der Waals surface area contributed by atoms with E-state index in [1.165, 1.54) is 0 Å². The van der Waals surface area contributed by atoms with E-state index in [-0.39, 0.29) is 5.41 Å². The summed E-state index contributed by atoms with van der Waals surface area (Å²) < 4.78 is 5.41. The third kappa shape index (κ3) is 5.87. The smallest absolute Gasteiger partial charge is 0.151 e. The predicted octanol–water partition coefficient (Wildman–Crippen LogP) is 1.92. The molecule has 1 aliphatic heterocycles. The van der Waals surface area contributed by atoms with E-state index in [2.05, 4.69) is 40.9 Å². The average Bonchev–Trinajstić information content (AvgIpc) is 2.41. The molecular formula is C15H25ClN4O. The third-order valence-corrected chi connectivity index (χ3v) is 3.77. The van der Waals surface area contributed by atoms with Crippen LogP contribution in [0.1, 0.15) is 19.5 Å². The van der Waals surface area contributed by atoms with Crippen molar-refractivity contribution in [3.63, 3.8) is 0 Å². The molecule has 0 atom stereocenters. The fraction of sp³-hybridized carbons (Fsp3) is 0.733. The van der Waals surface area contributed by atoms with Crippen LogP contribution in [0.4, 0.5) is 0 Å². The van der Waals surface area contributed by atoms with Gasteiger partial charge in [-0.15, -0.1) is 5.10 Å². The first-order valence-electron chi connectivity index (χ1n) is 7.41. The van der Waals surface area contributed by atoms with Crippen molar-refractivity contribution in [1.29, 1.82) is 0 Å². The molecule has 21 heavy (non-hydrogen) atoms. The Morgan fingerprint density at radius 1 is 1.29 bits per heavy atom. The predicted molar refractivity (Wildman–Crippen MR) is 84.4 cm³/mol. The van der Waals surface area contributed by atoms with Crippen molar-refractivity contribution in [3.05, 3.63) is 23.0 Å². The Kier molecular flexibility index (Phi) is 5.93. The summed E-state index contributed by atoms with van der Waals surface area (Å²) in [5.74, 6) is 0. The van der Waals surface area contributed by atoms with Crippen molar-refractivity contribution in [1.82, 2.24) is 20.0 Å². The highest BCUT2D eigenvalue weighted by molar-refractivity contribution is 6.29. The summed E-state index contributed by atoms with van der Waals surface area (Å²) in [4.78, 5) is 4.78. The van der Waals surface area contributed by atoms with Gasteiger partial charge in [-0.05, 0) is 24.6 Å². The number of rotatable bonds is 6. The SMILES string of the molecule is CN(Cc1ccc(Cl)nn1)CC(C)(C)CN1CCOCC1. The molecule has 2 heterocycles. The van der Waals surface area contributed by atoms with Crippen LogP contribution in [-0.2, 0) is 11.3 Å². The molecule has 0 unspecified atom stereocenters. The van der Waals surface area contributed by atoms with E-state index in [1.807, 2.05) is 6.07 Å². The zero-order valence-electron chi connectivity index (χ0n) is 13.2. The lowest BCUT2D eigenvalue weighted by Gasteiger charge is -2.37. The molecule has 5 nitrogen and oxygen atoms in total. The topological polar surface area (TPSA) is 41.5 Å². The van der Waals surface area contributed by atoms with Crippen molar-refractivity contribution in [3.8, 4) is 0 Å². The Hall–Kier alpha value is -0.750. The van der Waals surface area contributed by atoms with Gasteiger partial charge in [0.15, 0.2) is 5.15 Å². The van der Waals surface area contributed by atoms with Gasteiger partial charge in [0.1, 0.15) is 0 Å². The van der Waals surface area contributed by atoms with Crippen LogP contribution < -0.4 is 0 Å². The highest BCUT2D eigenvalue weighted by Crippen LogP contribution is 2.20. The number of halogens is 1. The van der Waals surface area contributed by atoms with Gasteiger partial charge in [-0.2, -0.15) is 5.10 Å². The Balaban J connectivity index is 1.82. The second-order valence-electron chi connectivity index (χ2n) is 6.57. The van der Waals surface area contributed by atoms with E-state index in [4.69, 9.17) is 16.3 Å². The fourth-order valence-electron chi connectivity index (χ4n) is 2.91. The minimum Gasteiger partial charge on any atom is -0.379 e. The van der Waals surface area contributed by atoms with Crippen molar-refractivity contribution in [2.45, 2.75) is 20.4 Å². The summed E-state index contributed by atoms with van der Waals surface area (Å²) >= 11 is 5.76. The van der Waals surface area contributed by atoms with Gasteiger partial charge in [-0.3, -0.25) is 9.80 Å². The van der Waals surface area contributed by atoms with E-state index in [9.17, 15) is 0 Å². The molecule has 1 aromatic heterocycles. The summed E-state index contributed by atoms with van der Waals surface area (Å²) in [6.45, 7) is 11.3. The zero-order chi connectivity index (χ0) is 15.3. The molecule has 0 radical (unpaired) electrons. The summed E-state index contributed by atoms with van der Waals surface area (Å²) in [7, 11) is 2.12. The molecule has 118 valence electrons. The Labute approximate surface area is 132 Å². The molecular weight excluding hydrogens is 288 g/mol. The summed E-state index contributed by atoms with van der Waals surface area (Å²) in [6.07, 6.45) is 0. The Morgan fingerprint density at radius 2 is 2.00 bits per heavy atom. The number of nitrogens with zero attached hydrogens (tertiary/aromatic N) is 4. The third-order valence-electron chi connectivity index (χ3n) is 3.57. The quantitative estimate of drug-likeness (QED) is 0.803. The summed E-state index contributed by atoms with van der Waals surface area (Å²) in [6, 6.07) is 3.72. The van der Waals surface area contributed by atoms with E-state index in [0.29, 0.717) is 5.15 Å². The molecule has 2 rings (SSSR count). The van der Waals surface area contributed by atoms with Crippen molar-refractivity contribution >= 4 is 11.6 Å². The van der Waals surface area contributed by atoms with Crippen LogP contribution in [0, 0.1) is 5.41 Å². The average molecular weight is 313 g/mol. The van der Waals surface area contributed by atoms with Crippen LogP contribution in [0.25, 0.3) is 0 Å². The number of hydrogen-bond donors (Lipinski definition) is 0. The molecule has 6 heteroatoms. The number of hydrogen-bond acceptors (Lipinski definition) is 5. The molecule has 0 saturated carbocycles. The van der Waals surface area contributed by atoms with E-state index in [0.717, 1.165) is 51.6 Å². The normalized spacial score (nSPS) is 17.4. The van der Waals surface area contributed by atoms with Gasteiger partial charge in [0.2, 0.25) is 0 Å². The van der Waals surface area contributed by atoms with Crippen LogP contribution in [-0.4, -0.2) is 66.4 Å². The van der Waals surface area contributed by atoms with Crippen LogP contribution >= 0.6 is 11.6 Å². The van der Waals surface area contributed by atoms with Gasteiger partial charge in [-0.1, -0.05) is 25.4 Å². The minimum atomic E-state index is 0.228. The second kappa shape index (κ2) is 7.49. The summed E-state index contributed by atoms with van der Waals surface area (Å²) in [5, 5.41) is 8.44. The maximum atomic E-state index is 5.76. The lowest BCUT2D eigenvalue weighted by Crippen LogP contribution is -2.45. The van der Waals surface area contributed by atoms with Gasteiger partial charge in [0, 0.05) is 32.7 Å². The molecule has 1 fully saturated rings. The number of ether oxygens (including phenoxy) is 1. The molecule has 0 spiro atoms. The molecule has 0 bridgehead atoms. The molecule has 1 saturated heterocycles. The van der Waals surface area contributed by atoms with E-state index >= 15 is 0 Å². The van der Waals surface area contributed by atoms with Crippen molar-refractivity contribution < 1.29 is 4.74 Å². The monoisotopic (exact) mass is 312 g/mol. The minimum absolute atomic E-state index is 0.228. The molecule has 1 aliphatic rings. The number of aromatic nitrogens is 2. The standard InChI is InChI=1S/C15H25ClN4O/c1-15(2,12-20-6-8-21-9-7-20)11-19(3)10-13-4-5-14(16)18-17-13/h4-5H,6-12H2,1-3H3. The molecule has 1 aromatic rings. The van der Waals surface area contributed by atoms with Gasteiger partial charge >= 0.3 is 0 Å². The molecule has 0 amide bonds. The summed E-state index contributed by atoms with van der Waals surface area (Å²) in [5.41, 5.74) is 1.18. The highest BCUT2D eigenvalue weighted by Gasteiger charge is 2.24. The molecule has 0 aromatic carbocycles. The van der Waals surface area contributed by atoms with E-state index < -0.39 is 0 Å². The molecule has 0 N–H and O–H groups in total. The maximum Gasteiger partial charge on any atom is 0.151 e. The lowest BCUT2D eigenvalue weighted by molar-refractivity contribution is 0.0160. The zero-order valence-corrected chi connectivity index (χ0v) is 13.9. The number of morpholine rings is 1. The van der Waals surface area contributed by atoms with Crippen LogP contribution in [0.15, 0.2) is 12.1 Å². The molecule has 0 aliphatic carbocycles. The fourth-order valence-corrected chi connectivity index (χ4v) is 3.01. The van der Waals surface area contributed by atoms with Crippen molar-refractivity contribution in [2.75, 3.05) is 46.4 Å². The van der Waals surface area contributed by atoms with Gasteiger partial charge in [0.05, 0.1) is 18.9 Å². The van der Waals surface area contributed by atoms with Gasteiger partial charge in [-0.25, -0.2) is 0 Å². The van der Waals surface area contributed by atoms with E-state index in [1.54, 1.807) is 6.07 Å².